The molecule has 2 aliphatic rings. The zero-order chi connectivity index (χ0) is 16.5. The number of ether oxygens (including phenoxy) is 1. The van der Waals surface area contributed by atoms with E-state index >= 15 is 0 Å². The highest BCUT2D eigenvalue weighted by Crippen LogP contribution is 2.17. The molecule has 0 unspecified atom stereocenters. The van der Waals surface area contributed by atoms with E-state index in [1.807, 2.05) is 11.9 Å². The van der Waals surface area contributed by atoms with Crippen molar-refractivity contribution in [3.8, 4) is 0 Å². The van der Waals surface area contributed by atoms with Crippen LogP contribution in [0.2, 0.25) is 0 Å². The zero-order valence-corrected chi connectivity index (χ0v) is 14.4. The van der Waals surface area contributed by atoms with Gasteiger partial charge in [0.15, 0.2) is 0 Å². The Hall–Kier alpha value is -1.14. The fourth-order valence-corrected chi connectivity index (χ4v) is 3.32. The second-order valence-electron chi connectivity index (χ2n) is 6.78. The van der Waals surface area contributed by atoms with Crippen LogP contribution in [0.15, 0.2) is 0 Å². The van der Waals surface area contributed by atoms with Crippen LogP contribution in [0.1, 0.15) is 44.9 Å². The highest BCUT2D eigenvalue weighted by Gasteiger charge is 2.20. The van der Waals surface area contributed by atoms with Gasteiger partial charge in [-0.25, -0.2) is 0 Å². The highest BCUT2D eigenvalue weighted by atomic mass is 16.5. The van der Waals surface area contributed by atoms with E-state index in [9.17, 15) is 9.59 Å². The topological polar surface area (TPSA) is 61.9 Å². The maximum absolute atomic E-state index is 12.2. The summed E-state index contributed by atoms with van der Waals surface area (Å²) in [6, 6.07) is 0.311. The average Bonchev–Trinajstić information content (AvgIpc) is 2.50. The van der Waals surface area contributed by atoms with Crippen molar-refractivity contribution >= 4 is 11.8 Å². The first-order chi connectivity index (χ1) is 11.1. The summed E-state index contributed by atoms with van der Waals surface area (Å²) in [5.74, 6) is 0.113. The van der Waals surface area contributed by atoms with Crippen LogP contribution in [-0.2, 0) is 14.3 Å². The van der Waals surface area contributed by atoms with Gasteiger partial charge in [-0.1, -0.05) is 32.1 Å². The maximum atomic E-state index is 12.2. The number of carbonyl (C=O) groups is 2. The molecule has 2 rings (SSSR count). The molecule has 23 heavy (non-hydrogen) atoms. The third kappa shape index (κ3) is 6.87. The molecule has 0 aromatic rings. The fraction of sp³-hybridized carbons (Fsp3) is 0.882. The Kier molecular flexibility index (Phi) is 7.82. The van der Waals surface area contributed by atoms with Crippen molar-refractivity contribution in [2.24, 2.45) is 0 Å². The summed E-state index contributed by atoms with van der Waals surface area (Å²) >= 11 is 0. The van der Waals surface area contributed by atoms with Crippen LogP contribution >= 0.6 is 0 Å². The van der Waals surface area contributed by atoms with Crippen LogP contribution in [0, 0.1) is 0 Å². The molecule has 2 fully saturated rings. The van der Waals surface area contributed by atoms with Gasteiger partial charge in [0.1, 0.15) is 0 Å². The van der Waals surface area contributed by atoms with Gasteiger partial charge in [-0.05, 0) is 19.9 Å². The number of carbonyl (C=O) groups excluding carboxylic acids is 2. The second kappa shape index (κ2) is 9.88. The van der Waals surface area contributed by atoms with Gasteiger partial charge < -0.3 is 15.0 Å². The summed E-state index contributed by atoms with van der Waals surface area (Å²) in [7, 11) is 1.83. The van der Waals surface area contributed by atoms with Crippen LogP contribution in [0.5, 0.6) is 0 Å². The van der Waals surface area contributed by atoms with E-state index in [0.29, 0.717) is 32.3 Å². The second-order valence-corrected chi connectivity index (χ2v) is 6.78. The minimum atomic E-state index is 0.0350. The lowest BCUT2D eigenvalue weighted by atomic mass is 9.97. The van der Waals surface area contributed by atoms with Crippen LogP contribution < -0.4 is 5.32 Å². The number of amides is 2. The first kappa shape index (κ1) is 18.2. The zero-order valence-electron chi connectivity index (χ0n) is 14.4. The van der Waals surface area contributed by atoms with E-state index in [1.54, 1.807) is 4.90 Å². The molecule has 0 radical (unpaired) electrons. The summed E-state index contributed by atoms with van der Waals surface area (Å²) in [5.41, 5.74) is 0. The largest absolute Gasteiger partial charge is 0.378 e. The van der Waals surface area contributed by atoms with E-state index in [4.69, 9.17) is 4.74 Å². The lowest BCUT2D eigenvalue weighted by Gasteiger charge is -2.29. The molecule has 132 valence electrons. The van der Waals surface area contributed by atoms with E-state index in [-0.39, 0.29) is 24.9 Å². The smallest absolute Gasteiger partial charge is 0.236 e. The standard InChI is InChI=1S/C17H31N3O3/c1-19(14-17(22)20-9-11-23-12-10-20)13-16(21)18-15-7-5-3-2-4-6-8-15/h15H,2-14H2,1H3,(H,18,21). The average molecular weight is 325 g/mol. The minimum absolute atomic E-state index is 0.0350. The number of hydrogen-bond donors (Lipinski definition) is 1. The minimum Gasteiger partial charge on any atom is -0.378 e. The third-order valence-corrected chi connectivity index (χ3v) is 4.65. The molecule has 1 aliphatic carbocycles. The molecule has 1 aliphatic heterocycles. The van der Waals surface area contributed by atoms with Crippen molar-refractivity contribution in [1.82, 2.24) is 15.1 Å². The van der Waals surface area contributed by atoms with E-state index < -0.39 is 0 Å². The molecule has 1 heterocycles. The Morgan fingerprint density at radius 3 is 2.30 bits per heavy atom. The first-order valence-electron chi connectivity index (χ1n) is 8.98. The van der Waals surface area contributed by atoms with Crippen LogP contribution in [0.4, 0.5) is 0 Å². The summed E-state index contributed by atoms with van der Waals surface area (Å²) < 4.78 is 5.25. The van der Waals surface area contributed by atoms with Gasteiger partial charge in [-0.3, -0.25) is 14.5 Å². The van der Waals surface area contributed by atoms with Crippen molar-refractivity contribution < 1.29 is 14.3 Å². The van der Waals surface area contributed by atoms with Gasteiger partial charge in [0.2, 0.25) is 11.8 Å². The molecule has 6 nitrogen and oxygen atoms in total. The number of hydrogen-bond acceptors (Lipinski definition) is 4. The van der Waals surface area contributed by atoms with Gasteiger partial charge in [0.05, 0.1) is 26.3 Å². The molecule has 2 amide bonds. The van der Waals surface area contributed by atoms with Crippen LogP contribution in [0.3, 0.4) is 0 Å². The molecule has 0 aromatic heterocycles. The quantitative estimate of drug-likeness (QED) is 0.819. The molecular weight excluding hydrogens is 294 g/mol. The molecule has 0 aromatic carbocycles. The monoisotopic (exact) mass is 325 g/mol. The highest BCUT2D eigenvalue weighted by molar-refractivity contribution is 5.81. The van der Waals surface area contributed by atoms with Crippen molar-refractivity contribution in [2.75, 3.05) is 46.4 Å². The summed E-state index contributed by atoms with van der Waals surface area (Å²) in [6.07, 6.45) is 8.46. The van der Waals surface area contributed by atoms with Crippen LogP contribution in [0.25, 0.3) is 0 Å². The molecule has 0 bridgehead atoms. The van der Waals surface area contributed by atoms with E-state index in [2.05, 4.69) is 5.32 Å². The van der Waals surface area contributed by atoms with Crippen molar-refractivity contribution in [3.63, 3.8) is 0 Å². The summed E-state index contributed by atoms with van der Waals surface area (Å²) in [6.45, 7) is 3.10. The van der Waals surface area contributed by atoms with Gasteiger partial charge in [-0.15, -0.1) is 0 Å². The SMILES string of the molecule is CN(CC(=O)NC1CCCCCCC1)CC(=O)N1CCOCC1. The Labute approximate surface area is 139 Å². The van der Waals surface area contributed by atoms with Gasteiger partial charge in [0.25, 0.3) is 0 Å². The summed E-state index contributed by atoms with van der Waals surface area (Å²) in [4.78, 5) is 28.0. The molecule has 1 saturated carbocycles. The third-order valence-electron chi connectivity index (χ3n) is 4.65. The Morgan fingerprint density at radius 2 is 1.65 bits per heavy atom. The number of likely N-dealkylation sites (N-methyl/N-ethyl adjacent to an activating group) is 1. The molecule has 6 heteroatoms. The Morgan fingerprint density at radius 1 is 1.04 bits per heavy atom. The molecule has 1 N–H and O–H groups in total. The number of morpholine rings is 1. The fourth-order valence-electron chi connectivity index (χ4n) is 3.32. The summed E-state index contributed by atoms with van der Waals surface area (Å²) in [5, 5.41) is 3.14. The van der Waals surface area contributed by atoms with Gasteiger partial charge >= 0.3 is 0 Å². The molecule has 0 spiro atoms. The predicted molar refractivity (Wildman–Crippen MR) is 89.1 cm³/mol. The molecule has 1 saturated heterocycles. The Bertz CT molecular complexity index is 375. The maximum Gasteiger partial charge on any atom is 0.236 e. The van der Waals surface area contributed by atoms with Crippen LogP contribution in [-0.4, -0.2) is 74.1 Å². The lowest BCUT2D eigenvalue weighted by Crippen LogP contribution is -2.47. The van der Waals surface area contributed by atoms with Crippen molar-refractivity contribution in [2.45, 2.75) is 51.0 Å². The normalized spacial score (nSPS) is 20.9. The first-order valence-corrected chi connectivity index (χ1v) is 8.98. The number of nitrogens with zero attached hydrogens (tertiary/aromatic N) is 2. The molecule has 0 atom stereocenters. The number of nitrogens with one attached hydrogen (secondary N) is 1. The molecular formula is C17H31N3O3. The van der Waals surface area contributed by atoms with Crippen molar-refractivity contribution in [1.29, 1.82) is 0 Å². The predicted octanol–water partition coefficient (Wildman–Crippen LogP) is 1.01. The van der Waals surface area contributed by atoms with Gasteiger partial charge in [-0.2, -0.15) is 0 Å². The van der Waals surface area contributed by atoms with Gasteiger partial charge in [0, 0.05) is 19.1 Å². The lowest BCUT2D eigenvalue weighted by molar-refractivity contribution is -0.136. The van der Waals surface area contributed by atoms with Crippen molar-refractivity contribution in [3.05, 3.63) is 0 Å². The Balaban J connectivity index is 1.67. The van der Waals surface area contributed by atoms with E-state index in [1.165, 1.54) is 32.1 Å². The number of rotatable bonds is 5. The van der Waals surface area contributed by atoms with E-state index in [0.717, 1.165) is 12.8 Å².